The van der Waals surface area contributed by atoms with Crippen LogP contribution in [0.25, 0.3) is 10.9 Å². The maximum Gasteiger partial charge on any atom is 0.162 e. The Morgan fingerprint density at radius 1 is 0.926 bits per heavy atom. The average Bonchev–Trinajstić information content (AvgIpc) is 2.94. The van der Waals surface area contributed by atoms with Crippen LogP contribution in [-0.4, -0.2) is 9.55 Å². The summed E-state index contributed by atoms with van der Waals surface area (Å²) in [6, 6.07) is 16.8. The van der Waals surface area contributed by atoms with Gasteiger partial charge in [0, 0.05) is 23.8 Å². The first-order chi connectivity index (χ1) is 13.1. The molecule has 0 aliphatic heterocycles. The zero-order chi connectivity index (χ0) is 18.8. The van der Waals surface area contributed by atoms with Gasteiger partial charge in [0.05, 0.1) is 11.7 Å². The monoisotopic (exact) mass is 360 g/mol. The minimum absolute atomic E-state index is 0.245. The average molecular weight is 360 g/mol. The lowest BCUT2D eigenvalue weighted by Gasteiger charge is -2.13. The van der Waals surface area contributed by atoms with Crippen molar-refractivity contribution in [2.45, 2.75) is 27.0 Å². The topological polar surface area (TPSA) is 27.1 Å². The molecule has 2 aromatic heterocycles. The lowest BCUT2D eigenvalue weighted by atomic mass is 10.2. The van der Waals surface area contributed by atoms with Crippen molar-refractivity contribution in [1.82, 2.24) is 9.55 Å². The van der Waals surface area contributed by atoms with Crippen molar-refractivity contribution in [3.63, 3.8) is 0 Å². The molecule has 0 amide bonds. The van der Waals surface area contributed by atoms with Crippen LogP contribution in [0.5, 0.6) is 5.75 Å². The van der Waals surface area contributed by atoms with Gasteiger partial charge in [-0.3, -0.25) is 4.98 Å². The number of benzene rings is 2. The minimum Gasteiger partial charge on any atom is -0.485 e. The van der Waals surface area contributed by atoms with Gasteiger partial charge in [-0.1, -0.05) is 42.5 Å². The van der Waals surface area contributed by atoms with E-state index in [9.17, 15) is 4.39 Å². The van der Waals surface area contributed by atoms with E-state index in [2.05, 4.69) is 47.7 Å². The molecule has 0 saturated heterocycles. The van der Waals surface area contributed by atoms with Crippen molar-refractivity contribution in [3.8, 4) is 5.75 Å². The Bertz CT molecular complexity index is 1070. The van der Waals surface area contributed by atoms with Crippen LogP contribution < -0.4 is 4.74 Å². The number of aromatic nitrogens is 2. The van der Waals surface area contributed by atoms with Gasteiger partial charge in [-0.25, -0.2) is 4.39 Å². The molecule has 0 bridgehead atoms. The van der Waals surface area contributed by atoms with E-state index in [-0.39, 0.29) is 5.82 Å². The molecular formula is C23H21FN2O. The van der Waals surface area contributed by atoms with Gasteiger partial charge in [0.25, 0.3) is 0 Å². The second kappa shape index (κ2) is 7.23. The molecule has 0 N–H and O–H groups in total. The number of aryl methyl sites for hydroxylation is 1. The van der Waals surface area contributed by atoms with Gasteiger partial charge in [-0.2, -0.15) is 0 Å². The molecule has 0 atom stereocenters. The molecule has 4 rings (SSSR count). The van der Waals surface area contributed by atoms with Crippen molar-refractivity contribution in [3.05, 3.63) is 95.2 Å². The van der Waals surface area contributed by atoms with Crippen LogP contribution in [-0.2, 0) is 13.2 Å². The van der Waals surface area contributed by atoms with E-state index >= 15 is 0 Å². The number of fused-ring (bicyclic) bond motifs is 1. The van der Waals surface area contributed by atoms with Gasteiger partial charge in [0.2, 0.25) is 0 Å². The van der Waals surface area contributed by atoms with Crippen molar-refractivity contribution >= 4 is 10.9 Å². The largest absolute Gasteiger partial charge is 0.485 e. The van der Waals surface area contributed by atoms with Gasteiger partial charge in [0.15, 0.2) is 5.75 Å². The summed E-state index contributed by atoms with van der Waals surface area (Å²) in [5.41, 5.74) is 5.61. The second-order valence-electron chi connectivity index (χ2n) is 6.73. The normalized spacial score (nSPS) is 11.1. The molecule has 4 aromatic rings. The maximum absolute atomic E-state index is 13.1. The highest BCUT2D eigenvalue weighted by Gasteiger charge is 2.16. The summed E-state index contributed by atoms with van der Waals surface area (Å²) >= 11 is 0. The number of hydrogen-bond acceptors (Lipinski definition) is 2. The number of ether oxygens (including phenoxy) is 1. The van der Waals surface area contributed by atoms with Gasteiger partial charge in [-0.15, -0.1) is 0 Å². The zero-order valence-corrected chi connectivity index (χ0v) is 15.4. The predicted molar refractivity (Wildman–Crippen MR) is 105 cm³/mol. The molecule has 2 heterocycles. The number of rotatable bonds is 5. The van der Waals surface area contributed by atoms with E-state index in [0.717, 1.165) is 28.8 Å². The molecule has 2 aromatic carbocycles. The Kier molecular flexibility index (Phi) is 4.63. The molecule has 136 valence electrons. The quantitative estimate of drug-likeness (QED) is 0.475. The van der Waals surface area contributed by atoms with E-state index in [1.165, 1.54) is 29.0 Å². The second-order valence-corrected chi connectivity index (χ2v) is 6.73. The minimum atomic E-state index is -0.245. The summed E-state index contributed by atoms with van der Waals surface area (Å²) in [6.45, 7) is 5.39. The predicted octanol–water partition coefficient (Wildman–Crippen LogP) is 5.42. The first-order valence-electron chi connectivity index (χ1n) is 8.98. The molecule has 4 heteroatoms. The van der Waals surface area contributed by atoms with Crippen molar-refractivity contribution in [2.75, 3.05) is 0 Å². The summed E-state index contributed by atoms with van der Waals surface area (Å²) in [4.78, 5) is 4.36. The van der Waals surface area contributed by atoms with Gasteiger partial charge in [0.1, 0.15) is 12.4 Å². The highest BCUT2D eigenvalue weighted by atomic mass is 19.1. The van der Waals surface area contributed by atoms with Crippen molar-refractivity contribution in [1.29, 1.82) is 0 Å². The van der Waals surface area contributed by atoms with E-state index in [1.807, 2.05) is 12.3 Å². The summed E-state index contributed by atoms with van der Waals surface area (Å²) in [7, 11) is 0. The Balaban J connectivity index is 1.72. The van der Waals surface area contributed by atoms with Crippen LogP contribution in [0.3, 0.4) is 0 Å². The third kappa shape index (κ3) is 3.43. The summed E-state index contributed by atoms with van der Waals surface area (Å²) < 4.78 is 21.5. The highest BCUT2D eigenvalue weighted by Crippen LogP contribution is 2.32. The highest BCUT2D eigenvalue weighted by molar-refractivity contribution is 5.89. The van der Waals surface area contributed by atoms with Crippen LogP contribution in [0.1, 0.15) is 22.4 Å². The molecule has 0 aliphatic carbocycles. The molecule has 0 radical (unpaired) electrons. The number of nitrogens with zero attached hydrogens (tertiary/aromatic N) is 2. The van der Waals surface area contributed by atoms with Gasteiger partial charge < -0.3 is 9.30 Å². The van der Waals surface area contributed by atoms with Crippen LogP contribution in [0.15, 0.2) is 67.0 Å². The summed E-state index contributed by atoms with van der Waals surface area (Å²) in [5.74, 6) is 0.495. The molecule has 0 unspecified atom stereocenters. The Hall–Kier alpha value is -3.14. The third-order valence-electron chi connectivity index (χ3n) is 5.00. The van der Waals surface area contributed by atoms with Gasteiger partial charge >= 0.3 is 0 Å². The fourth-order valence-electron chi connectivity index (χ4n) is 3.36. The lowest BCUT2D eigenvalue weighted by Crippen LogP contribution is -2.04. The smallest absolute Gasteiger partial charge is 0.162 e. The Morgan fingerprint density at radius 2 is 1.67 bits per heavy atom. The molecule has 27 heavy (non-hydrogen) atoms. The van der Waals surface area contributed by atoms with Crippen LogP contribution in [0, 0.1) is 19.7 Å². The van der Waals surface area contributed by atoms with E-state index in [0.29, 0.717) is 6.61 Å². The van der Waals surface area contributed by atoms with Crippen LogP contribution >= 0.6 is 0 Å². The maximum atomic E-state index is 13.1. The van der Waals surface area contributed by atoms with Crippen LogP contribution in [0.2, 0.25) is 0 Å². The number of halogens is 1. The summed E-state index contributed by atoms with van der Waals surface area (Å²) in [6.07, 6.45) is 3.65. The third-order valence-corrected chi connectivity index (χ3v) is 5.00. The summed E-state index contributed by atoms with van der Waals surface area (Å²) in [5, 5.41) is 1.10. The Labute approximate surface area is 158 Å². The number of hydrogen-bond donors (Lipinski definition) is 0. The fourth-order valence-corrected chi connectivity index (χ4v) is 3.36. The lowest BCUT2D eigenvalue weighted by molar-refractivity contribution is 0.307. The van der Waals surface area contributed by atoms with Crippen molar-refractivity contribution < 1.29 is 9.13 Å². The first-order valence-corrected chi connectivity index (χ1v) is 8.98. The van der Waals surface area contributed by atoms with Crippen LogP contribution in [0.4, 0.5) is 4.39 Å². The van der Waals surface area contributed by atoms with Gasteiger partial charge in [-0.05, 0) is 42.7 Å². The molecule has 0 aliphatic rings. The molecule has 0 saturated carbocycles. The zero-order valence-electron chi connectivity index (χ0n) is 15.4. The first kappa shape index (κ1) is 17.3. The molecule has 0 fully saturated rings. The molecule has 0 spiro atoms. The molecule has 3 nitrogen and oxygen atoms in total. The molecular weight excluding hydrogens is 339 g/mol. The van der Waals surface area contributed by atoms with E-state index < -0.39 is 0 Å². The van der Waals surface area contributed by atoms with Crippen molar-refractivity contribution in [2.24, 2.45) is 0 Å². The SMILES string of the molecule is Cc1c(C)n(Cc2ccccc2)c2c(OCc3ccc(F)cc3)cncc12. The standard InChI is InChI=1S/C23H21FN2O/c1-16-17(2)26(14-18-6-4-3-5-7-18)23-21(16)12-25-13-22(23)27-15-19-8-10-20(24)11-9-19/h3-13H,14-15H2,1-2H3. The van der Waals surface area contributed by atoms with E-state index in [4.69, 9.17) is 4.74 Å². The van der Waals surface area contributed by atoms with E-state index in [1.54, 1.807) is 18.3 Å². The number of pyridine rings is 1. The Morgan fingerprint density at radius 3 is 2.41 bits per heavy atom. The fraction of sp³-hybridized carbons (Fsp3) is 0.174.